The molecular weight excluding hydrogens is 252 g/mol. The van der Waals surface area contributed by atoms with Gasteiger partial charge in [-0.3, -0.25) is 4.90 Å². The summed E-state index contributed by atoms with van der Waals surface area (Å²) in [6.45, 7) is 9.22. The third-order valence-electron chi connectivity index (χ3n) is 5.13. The SMILES string of the molecule is CCC1CCC(CN)C(N2CC(CO)OC(C)(C)C2)C1. The molecule has 4 heteroatoms. The van der Waals surface area contributed by atoms with Crippen LogP contribution in [0.4, 0.5) is 0 Å². The Bertz CT molecular complexity index is 309. The topological polar surface area (TPSA) is 58.7 Å². The van der Waals surface area contributed by atoms with Crippen molar-refractivity contribution in [2.75, 3.05) is 26.2 Å². The lowest BCUT2D eigenvalue weighted by Crippen LogP contribution is -2.59. The Kier molecular flexibility index (Phi) is 5.46. The van der Waals surface area contributed by atoms with Crippen molar-refractivity contribution in [3.8, 4) is 0 Å². The van der Waals surface area contributed by atoms with Crippen molar-refractivity contribution in [3.63, 3.8) is 0 Å². The van der Waals surface area contributed by atoms with E-state index in [0.29, 0.717) is 12.0 Å². The van der Waals surface area contributed by atoms with Crippen LogP contribution in [0.15, 0.2) is 0 Å². The van der Waals surface area contributed by atoms with E-state index in [2.05, 4.69) is 25.7 Å². The normalized spacial score (nSPS) is 38.9. The maximum atomic E-state index is 9.48. The molecule has 1 saturated heterocycles. The predicted molar refractivity (Wildman–Crippen MR) is 81.6 cm³/mol. The molecule has 118 valence electrons. The van der Waals surface area contributed by atoms with Crippen molar-refractivity contribution < 1.29 is 9.84 Å². The minimum absolute atomic E-state index is 0.0563. The highest BCUT2D eigenvalue weighted by Gasteiger charge is 2.40. The smallest absolute Gasteiger partial charge is 0.0940 e. The molecule has 4 atom stereocenters. The van der Waals surface area contributed by atoms with Gasteiger partial charge in [0.1, 0.15) is 0 Å². The molecule has 2 fully saturated rings. The molecule has 4 nitrogen and oxygen atoms in total. The van der Waals surface area contributed by atoms with Crippen LogP contribution in [0, 0.1) is 11.8 Å². The highest BCUT2D eigenvalue weighted by atomic mass is 16.5. The predicted octanol–water partition coefficient (Wildman–Crippen LogP) is 1.61. The van der Waals surface area contributed by atoms with E-state index in [0.717, 1.165) is 25.6 Å². The summed E-state index contributed by atoms with van der Waals surface area (Å²) in [7, 11) is 0. The second-order valence-electron chi connectivity index (χ2n) is 7.26. The molecule has 1 aliphatic carbocycles. The molecule has 0 aromatic rings. The van der Waals surface area contributed by atoms with Gasteiger partial charge in [-0.2, -0.15) is 0 Å². The van der Waals surface area contributed by atoms with Crippen molar-refractivity contribution in [2.45, 2.75) is 64.2 Å². The number of aliphatic hydroxyl groups excluding tert-OH is 1. The second-order valence-corrected chi connectivity index (χ2v) is 7.26. The molecule has 0 aromatic heterocycles. The Hall–Kier alpha value is -0.160. The zero-order chi connectivity index (χ0) is 14.8. The van der Waals surface area contributed by atoms with Gasteiger partial charge >= 0.3 is 0 Å². The number of aliphatic hydroxyl groups is 1. The number of morpholine rings is 1. The van der Waals surface area contributed by atoms with Gasteiger partial charge in [-0.25, -0.2) is 0 Å². The molecular formula is C16H32N2O2. The van der Waals surface area contributed by atoms with Crippen LogP contribution in [-0.2, 0) is 4.74 Å². The lowest BCUT2D eigenvalue weighted by molar-refractivity contribution is -0.164. The number of ether oxygens (including phenoxy) is 1. The lowest BCUT2D eigenvalue weighted by atomic mass is 9.76. The monoisotopic (exact) mass is 284 g/mol. The van der Waals surface area contributed by atoms with Gasteiger partial charge in [-0.1, -0.05) is 19.8 Å². The van der Waals surface area contributed by atoms with Crippen molar-refractivity contribution in [3.05, 3.63) is 0 Å². The zero-order valence-electron chi connectivity index (χ0n) is 13.3. The van der Waals surface area contributed by atoms with Gasteiger partial charge in [0, 0.05) is 19.1 Å². The Morgan fingerprint density at radius 2 is 2.10 bits per heavy atom. The van der Waals surface area contributed by atoms with Crippen molar-refractivity contribution >= 4 is 0 Å². The maximum Gasteiger partial charge on any atom is 0.0940 e. The van der Waals surface area contributed by atoms with E-state index < -0.39 is 0 Å². The molecule has 4 unspecified atom stereocenters. The number of nitrogens with two attached hydrogens (primary N) is 1. The van der Waals surface area contributed by atoms with Crippen LogP contribution in [0.5, 0.6) is 0 Å². The summed E-state index contributed by atoms with van der Waals surface area (Å²) in [5.41, 5.74) is 5.84. The van der Waals surface area contributed by atoms with Crippen LogP contribution in [0.25, 0.3) is 0 Å². The fourth-order valence-electron chi connectivity index (χ4n) is 4.08. The van der Waals surface area contributed by atoms with Gasteiger partial charge in [0.25, 0.3) is 0 Å². The number of hydrogen-bond acceptors (Lipinski definition) is 4. The summed E-state index contributed by atoms with van der Waals surface area (Å²) in [6.07, 6.45) is 5.05. The molecule has 3 N–H and O–H groups in total. The first-order chi connectivity index (χ1) is 9.49. The summed E-state index contributed by atoms with van der Waals surface area (Å²) in [5, 5.41) is 9.48. The molecule has 0 radical (unpaired) electrons. The van der Waals surface area contributed by atoms with Crippen LogP contribution in [0.1, 0.15) is 46.5 Å². The third-order valence-corrected chi connectivity index (χ3v) is 5.13. The molecule has 20 heavy (non-hydrogen) atoms. The van der Waals surface area contributed by atoms with E-state index in [1.165, 1.54) is 25.7 Å². The van der Waals surface area contributed by atoms with E-state index >= 15 is 0 Å². The highest BCUT2D eigenvalue weighted by Crippen LogP contribution is 2.36. The van der Waals surface area contributed by atoms with Crippen molar-refractivity contribution in [1.82, 2.24) is 4.90 Å². The van der Waals surface area contributed by atoms with Crippen LogP contribution < -0.4 is 5.73 Å². The van der Waals surface area contributed by atoms with Crippen molar-refractivity contribution in [2.24, 2.45) is 17.6 Å². The number of hydrogen-bond donors (Lipinski definition) is 2. The summed E-state index contributed by atoms with van der Waals surface area (Å²) in [4.78, 5) is 2.55. The zero-order valence-corrected chi connectivity index (χ0v) is 13.3. The van der Waals surface area contributed by atoms with E-state index in [4.69, 9.17) is 10.5 Å². The van der Waals surface area contributed by atoms with Gasteiger partial charge in [0.05, 0.1) is 18.3 Å². The Morgan fingerprint density at radius 1 is 1.35 bits per heavy atom. The first-order valence-corrected chi connectivity index (χ1v) is 8.21. The van der Waals surface area contributed by atoms with E-state index in [1.807, 2.05) is 0 Å². The average Bonchev–Trinajstić information content (AvgIpc) is 2.44. The van der Waals surface area contributed by atoms with Gasteiger partial charge in [0.2, 0.25) is 0 Å². The molecule has 2 aliphatic rings. The highest BCUT2D eigenvalue weighted by molar-refractivity contribution is 4.93. The molecule has 1 aliphatic heterocycles. The van der Waals surface area contributed by atoms with E-state index in [9.17, 15) is 5.11 Å². The third kappa shape index (κ3) is 3.73. The van der Waals surface area contributed by atoms with Crippen molar-refractivity contribution in [1.29, 1.82) is 0 Å². The first kappa shape index (κ1) is 16.2. The Balaban J connectivity index is 2.09. The molecule has 2 rings (SSSR count). The van der Waals surface area contributed by atoms with Crippen LogP contribution >= 0.6 is 0 Å². The van der Waals surface area contributed by atoms with Gasteiger partial charge in [-0.15, -0.1) is 0 Å². The summed E-state index contributed by atoms with van der Waals surface area (Å²) in [6, 6.07) is 0.566. The fraction of sp³-hybridized carbons (Fsp3) is 1.00. The molecule has 0 aromatic carbocycles. The largest absolute Gasteiger partial charge is 0.394 e. The average molecular weight is 284 g/mol. The summed E-state index contributed by atoms with van der Waals surface area (Å²) in [5.74, 6) is 1.44. The molecule has 0 spiro atoms. The minimum Gasteiger partial charge on any atom is -0.394 e. The first-order valence-electron chi connectivity index (χ1n) is 8.21. The molecule has 1 heterocycles. The molecule has 0 amide bonds. The quantitative estimate of drug-likeness (QED) is 0.823. The maximum absolute atomic E-state index is 9.48. The Labute approximate surface area is 123 Å². The second kappa shape index (κ2) is 6.73. The number of rotatable bonds is 4. The fourth-order valence-corrected chi connectivity index (χ4v) is 4.08. The summed E-state index contributed by atoms with van der Waals surface area (Å²) >= 11 is 0. The van der Waals surface area contributed by atoms with Crippen LogP contribution in [0.3, 0.4) is 0 Å². The van der Waals surface area contributed by atoms with Gasteiger partial charge in [0.15, 0.2) is 0 Å². The van der Waals surface area contributed by atoms with E-state index in [1.54, 1.807) is 0 Å². The molecule has 0 bridgehead atoms. The molecule has 1 saturated carbocycles. The Morgan fingerprint density at radius 3 is 2.70 bits per heavy atom. The van der Waals surface area contributed by atoms with Crippen LogP contribution in [0.2, 0.25) is 0 Å². The lowest BCUT2D eigenvalue weighted by Gasteiger charge is -2.49. The van der Waals surface area contributed by atoms with Gasteiger partial charge < -0.3 is 15.6 Å². The minimum atomic E-state index is -0.177. The van der Waals surface area contributed by atoms with Crippen LogP contribution in [-0.4, -0.2) is 54.0 Å². The number of nitrogens with zero attached hydrogens (tertiary/aromatic N) is 1. The van der Waals surface area contributed by atoms with E-state index in [-0.39, 0.29) is 18.3 Å². The summed E-state index contributed by atoms with van der Waals surface area (Å²) < 4.78 is 5.94. The standard InChI is InChI=1S/C16H32N2O2/c1-4-12-5-6-13(8-17)15(7-12)18-9-14(10-19)20-16(2,3)11-18/h12-15,19H,4-11,17H2,1-3H3. The van der Waals surface area contributed by atoms with Gasteiger partial charge in [-0.05, 0) is 45.1 Å².